The summed E-state index contributed by atoms with van der Waals surface area (Å²) in [6.45, 7) is 6.18. The zero-order valence-electron chi connectivity index (χ0n) is 20.5. The van der Waals surface area contributed by atoms with Crippen LogP contribution in [-0.4, -0.2) is 35.9 Å². The number of hydrogen-bond acceptors (Lipinski definition) is 3. The van der Waals surface area contributed by atoms with E-state index in [2.05, 4.69) is 29.8 Å². The standard InChI is InChI=1S/C29H28F3N3O/c1-4-35(5-2)27-15-16-33-26-14-13-22(18-24(26)27)21-10-8-9-20(17-21)19-34(3)28(36)23-11-6-7-12-25(23)29(30,31)32/h6-18H,4-5,19H2,1-3H3. The van der Waals surface area contributed by atoms with Gasteiger partial charge in [-0.05, 0) is 66.9 Å². The van der Waals surface area contributed by atoms with Crippen molar-refractivity contribution in [3.05, 3.63) is 95.7 Å². The van der Waals surface area contributed by atoms with Crippen molar-refractivity contribution in [3.63, 3.8) is 0 Å². The molecule has 1 amide bonds. The molecule has 3 aromatic carbocycles. The van der Waals surface area contributed by atoms with E-state index in [1.807, 2.05) is 48.7 Å². The van der Waals surface area contributed by atoms with Gasteiger partial charge in [-0.25, -0.2) is 0 Å². The summed E-state index contributed by atoms with van der Waals surface area (Å²) in [4.78, 5) is 21.0. The predicted octanol–water partition coefficient (Wildman–Crippen LogP) is 7.04. The van der Waals surface area contributed by atoms with Gasteiger partial charge in [0.25, 0.3) is 5.91 Å². The first kappa shape index (κ1) is 25.2. The number of aromatic nitrogens is 1. The van der Waals surface area contributed by atoms with Gasteiger partial charge in [-0.15, -0.1) is 0 Å². The lowest BCUT2D eigenvalue weighted by Gasteiger charge is -2.23. The molecular weight excluding hydrogens is 463 g/mol. The monoisotopic (exact) mass is 491 g/mol. The largest absolute Gasteiger partial charge is 0.417 e. The van der Waals surface area contributed by atoms with Crippen LogP contribution in [0.3, 0.4) is 0 Å². The first-order valence-electron chi connectivity index (χ1n) is 11.9. The third-order valence-electron chi connectivity index (χ3n) is 6.31. The molecule has 1 heterocycles. The van der Waals surface area contributed by atoms with Crippen LogP contribution < -0.4 is 4.90 Å². The molecule has 0 N–H and O–H groups in total. The van der Waals surface area contributed by atoms with E-state index < -0.39 is 17.6 Å². The summed E-state index contributed by atoms with van der Waals surface area (Å²) in [5, 5.41) is 1.06. The molecule has 0 atom stereocenters. The number of amides is 1. The average Bonchev–Trinajstić information content (AvgIpc) is 2.88. The van der Waals surface area contributed by atoms with Gasteiger partial charge in [-0.3, -0.25) is 9.78 Å². The molecule has 186 valence electrons. The molecule has 0 aliphatic rings. The Labute approximate surface area is 209 Å². The summed E-state index contributed by atoms with van der Waals surface area (Å²) in [6.07, 6.45) is -2.78. The molecule has 4 aromatic rings. The lowest BCUT2D eigenvalue weighted by molar-refractivity contribution is -0.138. The second-order valence-corrected chi connectivity index (χ2v) is 8.64. The van der Waals surface area contributed by atoms with E-state index in [0.29, 0.717) is 0 Å². The van der Waals surface area contributed by atoms with Crippen LogP contribution in [0.15, 0.2) is 79.0 Å². The summed E-state index contributed by atoms with van der Waals surface area (Å²) in [5.74, 6) is -0.672. The van der Waals surface area contributed by atoms with Crippen LogP contribution in [0.1, 0.15) is 35.3 Å². The van der Waals surface area contributed by atoms with Crippen molar-refractivity contribution >= 4 is 22.5 Å². The molecule has 0 aliphatic heterocycles. The Morgan fingerprint density at radius 1 is 0.889 bits per heavy atom. The molecule has 36 heavy (non-hydrogen) atoms. The second-order valence-electron chi connectivity index (χ2n) is 8.64. The smallest absolute Gasteiger partial charge is 0.371 e. The van der Waals surface area contributed by atoms with E-state index in [1.165, 1.54) is 30.1 Å². The molecule has 0 aliphatic carbocycles. The van der Waals surface area contributed by atoms with Gasteiger partial charge in [-0.1, -0.05) is 36.4 Å². The Balaban J connectivity index is 1.62. The predicted molar refractivity (Wildman–Crippen MR) is 138 cm³/mol. The fourth-order valence-corrected chi connectivity index (χ4v) is 4.47. The van der Waals surface area contributed by atoms with Crippen molar-refractivity contribution in [1.82, 2.24) is 9.88 Å². The zero-order valence-corrected chi connectivity index (χ0v) is 20.5. The Hall–Kier alpha value is -3.87. The fourth-order valence-electron chi connectivity index (χ4n) is 4.47. The maximum atomic E-state index is 13.4. The van der Waals surface area contributed by atoms with Crippen molar-refractivity contribution in [2.75, 3.05) is 25.0 Å². The third-order valence-corrected chi connectivity index (χ3v) is 6.31. The van der Waals surface area contributed by atoms with E-state index in [0.717, 1.165) is 52.4 Å². The van der Waals surface area contributed by atoms with E-state index in [1.54, 1.807) is 0 Å². The summed E-state index contributed by atoms with van der Waals surface area (Å²) >= 11 is 0. The Morgan fingerprint density at radius 3 is 2.33 bits per heavy atom. The van der Waals surface area contributed by atoms with Crippen LogP contribution in [0.25, 0.3) is 22.0 Å². The van der Waals surface area contributed by atoms with Gasteiger partial charge < -0.3 is 9.80 Å². The molecule has 7 heteroatoms. The molecule has 1 aromatic heterocycles. The topological polar surface area (TPSA) is 36.4 Å². The van der Waals surface area contributed by atoms with Crippen molar-refractivity contribution < 1.29 is 18.0 Å². The van der Waals surface area contributed by atoms with Crippen LogP contribution in [0.5, 0.6) is 0 Å². The van der Waals surface area contributed by atoms with Gasteiger partial charge in [0.05, 0.1) is 16.6 Å². The number of halogens is 3. The molecule has 0 fully saturated rings. The number of anilines is 1. The van der Waals surface area contributed by atoms with Gasteiger partial charge >= 0.3 is 6.18 Å². The maximum absolute atomic E-state index is 13.4. The molecule has 0 spiro atoms. The number of nitrogens with zero attached hydrogens (tertiary/aromatic N) is 3. The maximum Gasteiger partial charge on any atom is 0.417 e. The Kier molecular flexibility index (Phi) is 7.29. The molecule has 0 saturated heterocycles. The van der Waals surface area contributed by atoms with Crippen LogP contribution in [-0.2, 0) is 12.7 Å². The van der Waals surface area contributed by atoms with E-state index in [-0.39, 0.29) is 12.1 Å². The van der Waals surface area contributed by atoms with Gasteiger partial charge in [0, 0.05) is 44.0 Å². The average molecular weight is 492 g/mol. The van der Waals surface area contributed by atoms with Crippen LogP contribution >= 0.6 is 0 Å². The number of benzene rings is 3. The van der Waals surface area contributed by atoms with Crippen LogP contribution in [0.4, 0.5) is 18.9 Å². The number of alkyl halides is 3. The molecule has 4 rings (SSSR count). The van der Waals surface area contributed by atoms with E-state index in [9.17, 15) is 18.0 Å². The first-order valence-corrected chi connectivity index (χ1v) is 11.9. The molecule has 4 nitrogen and oxygen atoms in total. The van der Waals surface area contributed by atoms with Crippen LogP contribution in [0.2, 0.25) is 0 Å². The van der Waals surface area contributed by atoms with Crippen LogP contribution in [0, 0.1) is 0 Å². The number of pyridine rings is 1. The second kappa shape index (κ2) is 10.4. The quantitative estimate of drug-likeness (QED) is 0.278. The highest BCUT2D eigenvalue weighted by Crippen LogP contribution is 2.33. The molecule has 0 bridgehead atoms. The Morgan fingerprint density at radius 2 is 1.61 bits per heavy atom. The highest BCUT2D eigenvalue weighted by molar-refractivity contribution is 5.96. The minimum Gasteiger partial charge on any atom is -0.371 e. The van der Waals surface area contributed by atoms with Crippen molar-refractivity contribution in [1.29, 1.82) is 0 Å². The lowest BCUT2D eigenvalue weighted by atomic mass is 10.00. The summed E-state index contributed by atoms with van der Waals surface area (Å²) in [6, 6.07) is 20.7. The third kappa shape index (κ3) is 5.20. The van der Waals surface area contributed by atoms with Crippen molar-refractivity contribution in [2.24, 2.45) is 0 Å². The van der Waals surface area contributed by atoms with Crippen molar-refractivity contribution in [3.8, 4) is 11.1 Å². The number of rotatable bonds is 7. The summed E-state index contributed by atoms with van der Waals surface area (Å²) < 4.78 is 40.2. The summed E-state index contributed by atoms with van der Waals surface area (Å²) in [7, 11) is 1.51. The number of carbonyl (C=O) groups is 1. The lowest BCUT2D eigenvalue weighted by Crippen LogP contribution is -2.28. The number of carbonyl (C=O) groups excluding carboxylic acids is 1. The van der Waals surface area contributed by atoms with Gasteiger partial charge in [0.2, 0.25) is 0 Å². The SMILES string of the molecule is CCN(CC)c1ccnc2ccc(-c3cccc(CN(C)C(=O)c4ccccc4C(F)(F)F)c3)cc12. The first-order chi connectivity index (χ1) is 17.2. The highest BCUT2D eigenvalue weighted by Gasteiger charge is 2.35. The molecular formula is C29H28F3N3O. The van der Waals surface area contributed by atoms with Gasteiger partial charge in [0.15, 0.2) is 0 Å². The fraction of sp³-hybridized carbons (Fsp3) is 0.241. The summed E-state index contributed by atoms with van der Waals surface area (Å²) in [5.41, 5.74) is 3.54. The molecule has 0 unspecified atom stereocenters. The molecule has 0 saturated carbocycles. The zero-order chi connectivity index (χ0) is 25.9. The van der Waals surface area contributed by atoms with Crippen molar-refractivity contribution in [2.45, 2.75) is 26.6 Å². The highest BCUT2D eigenvalue weighted by atomic mass is 19.4. The minimum atomic E-state index is -4.60. The van der Waals surface area contributed by atoms with Gasteiger partial charge in [-0.2, -0.15) is 13.2 Å². The molecule has 0 radical (unpaired) electrons. The minimum absolute atomic E-state index is 0.179. The normalized spacial score (nSPS) is 11.5. The number of fused-ring (bicyclic) bond motifs is 1. The Bertz CT molecular complexity index is 1380. The number of hydrogen-bond donors (Lipinski definition) is 0. The van der Waals surface area contributed by atoms with E-state index >= 15 is 0 Å². The van der Waals surface area contributed by atoms with E-state index in [4.69, 9.17) is 0 Å². The van der Waals surface area contributed by atoms with Gasteiger partial charge in [0.1, 0.15) is 0 Å².